The Balaban J connectivity index is 1.89. The SMILES string of the molecule is NC(=O)[C@@H](O)[C@@H](O)[C@H](O)[C@@H](O)C(=O)n1cnc(=NCc2ccccc2)c2[nH]cnc21. The van der Waals surface area contributed by atoms with Crippen LogP contribution in [0.2, 0.25) is 0 Å². The van der Waals surface area contributed by atoms with Crippen LogP contribution in [0.3, 0.4) is 0 Å². The molecule has 0 aliphatic rings. The number of aromatic nitrogens is 4. The molecule has 7 N–H and O–H groups in total. The lowest BCUT2D eigenvalue weighted by Gasteiger charge is -2.24. The van der Waals surface area contributed by atoms with Gasteiger partial charge >= 0.3 is 0 Å². The number of carbonyl (C=O) groups is 2. The van der Waals surface area contributed by atoms with Crippen molar-refractivity contribution in [3.05, 3.63) is 54.0 Å². The molecule has 158 valence electrons. The van der Waals surface area contributed by atoms with Crippen LogP contribution in [0.15, 0.2) is 48.0 Å². The van der Waals surface area contributed by atoms with Crippen LogP contribution in [0.1, 0.15) is 10.4 Å². The van der Waals surface area contributed by atoms with Crippen LogP contribution in [-0.2, 0) is 11.3 Å². The van der Waals surface area contributed by atoms with E-state index in [0.717, 1.165) is 16.5 Å². The number of benzene rings is 1. The van der Waals surface area contributed by atoms with Gasteiger partial charge in [-0.2, -0.15) is 0 Å². The molecule has 3 rings (SSSR count). The van der Waals surface area contributed by atoms with Crippen molar-refractivity contribution in [3.8, 4) is 0 Å². The summed E-state index contributed by atoms with van der Waals surface area (Å²) in [6.07, 6.45) is -6.38. The summed E-state index contributed by atoms with van der Waals surface area (Å²) in [5.41, 5.74) is 6.44. The molecule has 1 amide bonds. The molecule has 4 atom stereocenters. The minimum Gasteiger partial charge on any atom is -0.387 e. The molecule has 1 aromatic carbocycles. The second kappa shape index (κ2) is 8.92. The summed E-state index contributed by atoms with van der Waals surface area (Å²) in [6.45, 7) is 0.332. The lowest BCUT2D eigenvalue weighted by molar-refractivity contribution is -0.141. The first-order valence-electron chi connectivity index (χ1n) is 8.82. The van der Waals surface area contributed by atoms with E-state index in [-0.39, 0.29) is 11.1 Å². The second-order valence-electron chi connectivity index (χ2n) is 6.45. The topological polar surface area (TPSA) is 200 Å². The number of primary amides is 1. The Morgan fingerprint density at radius 3 is 2.40 bits per heavy atom. The Bertz CT molecular complexity index is 1110. The van der Waals surface area contributed by atoms with Crippen LogP contribution < -0.4 is 11.2 Å². The highest BCUT2D eigenvalue weighted by Gasteiger charge is 2.37. The smallest absolute Gasteiger partial charge is 0.265 e. The maximum Gasteiger partial charge on any atom is 0.265 e. The van der Waals surface area contributed by atoms with Gasteiger partial charge in [-0.25, -0.2) is 9.97 Å². The van der Waals surface area contributed by atoms with Crippen molar-refractivity contribution in [1.82, 2.24) is 19.5 Å². The zero-order valence-corrected chi connectivity index (χ0v) is 15.5. The number of H-pyrrole nitrogens is 1. The van der Waals surface area contributed by atoms with Crippen molar-refractivity contribution >= 4 is 23.0 Å². The van der Waals surface area contributed by atoms with Crippen LogP contribution in [0.5, 0.6) is 0 Å². The third-order valence-electron chi connectivity index (χ3n) is 4.40. The standard InChI is InChI=1S/C18H20N6O6/c19-15(29)13(27)11(25)12(26)14(28)18(30)24-8-23-16(10-17(24)22-7-21-10)20-6-9-4-2-1-3-5-9/h1-5,7-8,11-14,25-28H,6H2,(H2,19,29)(H,21,22)/t11-,12-,13-,14+/m0/s1. The molecule has 0 bridgehead atoms. The maximum absolute atomic E-state index is 12.6. The minimum absolute atomic E-state index is 0.0676. The third kappa shape index (κ3) is 4.26. The number of nitrogens with two attached hydrogens (primary N) is 1. The predicted octanol–water partition coefficient (Wildman–Crippen LogP) is -2.57. The summed E-state index contributed by atoms with van der Waals surface area (Å²) in [5.74, 6) is -2.42. The molecular formula is C18H20N6O6. The molecule has 30 heavy (non-hydrogen) atoms. The number of imidazole rings is 1. The summed E-state index contributed by atoms with van der Waals surface area (Å²) in [5, 5.41) is 39.3. The van der Waals surface area contributed by atoms with Crippen molar-refractivity contribution in [2.24, 2.45) is 10.7 Å². The molecule has 12 heteroatoms. The molecule has 12 nitrogen and oxygen atoms in total. The fourth-order valence-electron chi connectivity index (χ4n) is 2.73. The van der Waals surface area contributed by atoms with Crippen molar-refractivity contribution in [3.63, 3.8) is 0 Å². The fraction of sp³-hybridized carbons (Fsp3) is 0.278. The highest BCUT2D eigenvalue weighted by molar-refractivity contribution is 5.90. The van der Waals surface area contributed by atoms with Crippen LogP contribution in [-0.4, -0.2) is 76.2 Å². The number of nitrogens with zero attached hydrogens (tertiary/aromatic N) is 4. The third-order valence-corrected chi connectivity index (χ3v) is 4.40. The van der Waals surface area contributed by atoms with Gasteiger partial charge < -0.3 is 31.1 Å². The molecule has 0 saturated carbocycles. The van der Waals surface area contributed by atoms with E-state index in [4.69, 9.17) is 5.73 Å². The number of carbonyl (C=O) groups excluding carboxylic acids is 2. The maximum atomic E-state index is 12.6. The van der Waals surface area contributed by atoms with Crippen molar-refractivity contribution in [2.75, 3.05) is 0 Å². The van der Waals surface area contributed by atoms with Crippen molar-refractivity contribution in [1.29, 1.82) is 0 Å². The summed E-state index contributed by atoms with van der Waals surface area (Å²) in [7, 11) is 0. The number of aromatic amines is 1. The summed E-state index contributed by atoms with van der Waals surface area (Å²) in [6, 6.07) is 9.41. The van der Waals surface area contributed by atoms with Gasteiger partial charge in [-0.15, -0.1) is 0 Å². The van der Waals surface area contributed by atoms with E-state index in [0.29, 0.717) is 12.1 Å². The van der Waals surface area contributed by atoms with Gasteiger partial charge in [0.05, 0.1) is 12.9 Å². The summed E-state index contributed by atoms with van der Waals surface area (Å²) >= 11 is 0. The van der Waals surface area contributed by atoms with Gasteiger partial charge in [0.25, 0.3) is 5.91 Å². The molecule has 0 radical (unpaired) electrons. The lowest BCUT2D eigenvalue weighted by atomic mass is 10.0. The second-order valence-corrected chi connectivity index (χ2v) is 6.45. The molecule has 3 aromatic rings. The average molecular weight is 416 g/mol. The quantitative estimate of drug-likeness (QED) is 0.241. The zero-order chi connectivity index (χ0) is 21.8. The predicted molar refractivity (Wildman–Crippen MR) is 101 cm³/mol. The number of hydrogen-bond donors (Lipinski definition) is 6. The van der Waals surface area contributed by atoms with Gasteiger partial charge in [0.15, 0.2) is 23.3 Å². The highest BCUT2D eigenvalue weighted by Crippen LogP contribution is 2.11. The Morgan fingerprint density at radius 2 is 1.73 bits per heavy atom. The molecular weight excluding hydrogens is 396 g/mol. The van der Waals surface area contributed by atoms with Crippen LogP contribution in [0.4, 0.5) is 0 Å². The lowest BCUT2D eigenvalue weighted by Crippen LogP contribution is -2.52. The monoisotopic (exact) mass is 416 g/mol. The van der Waals surface area contributed by atoms with E-state index in [9.17, 15) is 30.0 Å². The summed E-state index contributed by atoms with van der Waals surface area (Å²) < 4.78 is 0.852. The minimum atomic E-state index is -2.20. The van der Waals surface area contributed by atoms with E-state index >= 15 is 0 Å². The summed E-state index contributed by atoms with van der Waals surface area (Å²) in [4.78, 5) is 38.8. The average Bonchev–Trinajstić information content (AvgIpc) is 3.25. The van der Waals surface area contributed by atoms with Gasteiger partial charge in [-0.1, -0.05) is 30.3 Å². The number of amides is 1. The Hall–Kier alpha value is -3.45. The number of hydrogen-bond acceptors (Lipinski definition) is 9. The van der Waals surface area contributed by atoms with Crippen molar-refractivity contribution in [2.45, 2.75) is 31.0 Å². The van der Waals surface area contributed by atoms with Gasteiger partial charge in [-0.3, -0.25) is 19.1 Å². The number of rotatable bonds is 7. The molecule has 0 spiro atoms. The Kier molecular flexibility index (Phi) is 6.32. The Labute approximate surface area is 169 Å². The molecule has 2 heterocycles. The molecule has 0 aliphatic carbocycles. The normalized spacial score (nSPS) is 16.2. The largest absolute Gasteiger partial charge is 0.387 e. The molecule has 0 aliphatic heterocycles. The van der Waals surface area contributed by atoms with Gasteiger partial charge in [0.1, 0.15) is 24.1 Å². The van der Waals surface area contributed by atoms with E-state index < -0.39 is 36.2 Å². The number of nitrogens with one attached hydrogen (secondary N) is 1. The molecule has 2 aromatic heterocycles. The zero-order valence-electron chi connectivity index (χ0n) is 15.5. The molecule has 0 unspecified atom stereocenters. The van der Waals surface area contributed by atoms with Crippen LogP contribution in [0, 0.1) is 0 Å². The van der Waals surface area contributed by atoms with Crippen LogP contribution >= 0.6 is 0 Å². The fourth-order valence-corrected chi connectivity index (χ4v) is 2.73. The Morgan fingerprint density at radius 1 is 1.07 bits per heavy atom. The number of aliphatic hydroxyl groups is 4. The van der Waals surface area contributed by atoms with E-state index in [1.807, 2.05) is 30.3 Å². The van der Waals surface area contributed by atoms with E-state index in [1.54, 1.807) is 0 Å². The van der Waals surface area contributed by atoms with E-state index in [2.05, 4.69) is 19.9 Å². The van der Waals surface area contributed by atoms with Gasteiger partial charge in [-0.05, 0) is 5.56 Å². The number of aliphatic hydroxyl groups excluding tert-OH is 4. The molecule has 0 fully saturated rings. The van der Waals surface area contributed by atoms with Crippen molar-refractivity contribution < 1.29 is 30.0 Å². The first-order chi connectivity index (χ1) is 14.3. The highest BCUT2D eigenvalue weighted by atomic mass is 16.4. The first kappa shape index (κ1) is 21.3. The van der Waals surface area contributed by atoms with Gasteiger partial charge in [0.2, 0.25) is 5.91 Å². The van der Waals surface area contributed by atoms with E-state index in [1.165, 1.54) is 6.33 Å². The van der Waals surface area contributed by atoms with Gasteiger partial charge in [0, 0.05) is 0 Å². The molecule has 0 saturated heterocycles. The number of fused-ring (bicyclic) bond motifs is 1. The first-order valence-corrected chi connectivity index (χ1v) is 8.82. The van der Waals surface area contributed by atoms with Crippen LogP contribution in [0.25, 0.3) is 11.2 Å².